The van der Waals surface area contributed by atoms with Crippen molar-refractivity contribution in [3.63, 3.8) is 0 Å². The number of aryl methyl sites for hydroxylation is 2. The molecule has 6 nitrogen and oxygen atoms in total. The quantitative estimate of drug-likeness (QED) is 0.363. The van der Waals surface area contributed by atoms with E-state index in [0.29, 0.717) is 23.3 Å². The van der Waals surface area contributed by atoms with Crippen molar-refractivity contribution >= 4 is 35.0 Å². The number of hydrogen-bond donors (Lipinski definition) is 0. The van der Waals surface area contributed by atoms with E-state index in [4.69, 9.17) is 28.2 Å². The van der Waals surface area contributed by atoms with Crippen molar-refractivity contribution in [3.8, 4) is 0 Å². The lowest BCUT2D eigenvalue weighted by Gasteiger charge is -2.41. The normalized spacial score (nSPS) is 22.6. The van der Waals surface area contributed by atoms with Gasteiger partial charge in [0.25, 0.3) is 0 Å². The standard InChI is InChI=1S/C35H46Cl2N4O2/c1-24(42)40-16-6-25(7-17-40)20-34(43)41-18-10-27(11-19-41)26-8-13-39(14-9-26)15-12-33-32-5-4-30(36)21-28(32)2-3-29-22-31(37)23-38-35(29)33/h4-5,21-23,25-27,33H,2-3,6-20H2,1H3. The first-order valence-corrected chi connectivity index (χ1v) is 17.3. The van der Waals surface area contributed by atoms with Crippen molar-refractivity contribution in [2.45, 2.75) is 77.0 Å². The Morgan fingerprint density at radius 1 is 0.814 bits per heavy atom. The van der Waals surface area contributed by atoms with Crippen LogP contribution in [0.2, 0.25) is 10.0 Å². The van der Waals surface area contributed by atoms with Gasteiger partial charge in [-0.15, -0.1) is 0 Å². The molecular weight excluding hydrogens is 579 g/mol. The summed E-state index contributed by atoms with van der Waals surface area (Å²) >= 11 is 12.7. The molecule has 232 valence electrons. The number of hydrogen-bond acceptors (Lipinski definition) is 4. The second kappa shape index (κ2) is 13.9. The topological polar surface area (TPSA) is 56.8 Å². The van der Waals surface area contributed by atoms with Crippen LogP contribution >= 0.6 is 23.2 Å². The smallest absolute Gasteiger partial charge is 0.222 e. The molecule has 0 radical (unpaired) electrons. The molecule has 1 aromatic heterocycles. The third-order valence-corrected chi connectivity index (χ3v) is 11.3. The first-order chi connectivity index (χ1) is 20.8. The molecule has 1 aliphatic carbocycles. The second-order valence-electron chi connectivity index (χ2n) is 13.4. The van der Waals surface area contributed by atoms with E-state index >= 15 is 0 Å². The molecule has 3 saturated heterocycles. The van der Waals surface area contributed by atoms with Gasteiger partial charge in [0.1, 0.15) is 0 Å². The SMILES string of the molecule is CC(=O)N1CCC(CC(=O)N2CCC(C3CCN(CCC4c5ccc(Cl)cc5CCc5cc(Cl)cnc54)CC3)CC2)CC1. The molecule has 0 saturated carbocycles. The maximum atomic E-state index is 13.0. The Kier molecular flexibility index (Phi) is 9.95. The molecule has 0 spiro atoms. The molecule has 1 atom stereocenters. The third kappa shape index (κ3) is 7.40. The van der Waals surface area contributed by atoms with Crippen LogP contribution in [0, 0.1) is 17.8 Å². The summed E-state index contributed by atoms with van der Waals surface area (Å²) in [5, 5.41) is 1.52. The number of amides is 2. The van der Waals surface area contributed by atoms with Crippen LogP contribution in [0.1, 0.15) is 86.6 Å². The van der Waals surface area contributed by atoms with Gasteiger partial charge in [0.05, 0.1) is 10.7 Å². The summed E-state index contributed by atoms with van der Waals surface area (Å²) in [5.41, 5.74) is 5.17. The first kappa shape index (κ1) is 30.9. The summed E-state index contributed by atoms with van der Waals surface area (Å²) in [4.78, 5) is 36.2. The van der Waals surface area contributed by atoms with Crippen molar-refractivity contribution in [1.82, 2.24) is 19.7 Å². The number of rotatable bonds is 6. The van der Waals surface area contributed by atoms with E-state index in [1.807, 2.05) is 11.0 Å². The largest absolute Gasteiger partial charge is 0.343 e. The molecule has 6 rings (SSSR count). The van der Waals surface area contributed by atoms with Gasteiger partial charge in [0, 0.05) is 56.7 Å². The average Bonchev–Trinajstić information content (AvgIpc) is 3.16. The number of benzene rings is 1. The lowest BCUT2D eigenvalue weighted by Crippen LogP contribution is -2.44. The fourth-order valence-electron chi connectivity index (χ4n) is 8.25. The highest BCUT2D eigenvalue weighted by atomic mass is 35.5. The maximum Gasteiger partial charge on any atom is 0.222 e. The van der Waals surface area contributed by atoms with Crippen LogP contribution in [0.3, 0.4) is 0 Å². The molecule has 43 heavy (non-hydrogen) atoms. The molecular formula is C35H46Cl2N4O2. The molecule has 3 fully saturated rings. The van der Waals surface area contributed by atoms with Gasteiger partial charge in [0.2, 0.25) is 11.8 Å². The van der Waals surface area contributed by atoms with Crippen molar-refractivity contribution in [2.75, 3.05) is 45.8 Å². The van der Waals surface area contributed by atoms with E-state index in [2.05, 4.69) is 28.0 Å². The zero-order chi connectivity index (χ0) is 29.9. The molecule has 8 heteroatoms. The molecule has 4 aliphatic rings. The van der Waals surface area contributed by atoms with Crippen LogP contribution in [0.5, 0.6) is 0 Å². The Hall–Kier alpha value is -2.15. The second-order valence-corrected chi connectivity index (χ2v) is 14.3. The summed E-state index contributed by atoms with van der Waals surface area (Å²) in [6.45, 7) is 8.46. The molecule has 3 aliphatic heterocycles. The van der Waals surface area contributed by atoms with Gasteiger partial charge in [-0.2, -0.15) is 0 Å². The van der Waals surface area contributed by atoms with E-state index in [0.717, 1.165) is 108 Å². The predicted molar refractivity (Wildman–Crippen MR) is 173 cm³/mol. The van der Waals surface area contributed by atoms with E-state index in [9.17, 15) is 9.59 Å². The molecule has 1 unspecified atom stereocenters. The molecule has 0 N–H and O–H groups in total. The molecule has 2 aromatic rings. The third-order valence-electron chi connectivity index (χ3n) is 10.9. The van der Waals surface area contributed by atoms with E-state index < -0.39 is 0 Å². The van der Waals surface area contributed by atoms with Crippen LogP contribution in [-0.2, 0) is 22.4 Å². The van der Waals surface area contributed by atoms with Gasteiger partial charge in [-0.1, -0.05) is 29.3 Å². The number of aromatic nitrogens is 1. The summed E-state index contributed by atoms with van der Waals surface area (Å²) < 4.78 is 0. The highest BCUT2D eigenvalue weighted by Gasteiger charge is 2.33. The summed E-state index contributed by atoms with van der Waals surface area (Å²) in [5.74, 6) is 2.69. The van der Waals surface area contributed by atoms with Crippen molar-refractivity contribution in [1.29, 1.82) is 0 Å². The van der Waals surface area contributed by atoms with E-state index in [-0.39, 0.29) is 11.8 Å². The average molecular weight is 626 g/mol. The minimum absolute atomic E-state index is 0.155. The van der Waals surface area contributed by atoms with Crippen LogP contribution in [0.25, 0.3) is 0 Å². The Labute approximate surface area is 267 Å². The van der Waals surface area contributed by atoms with Crippen LogP contribution in [0.15, 0.2) is 30.5 Å². The van der Waals surface area contributed by atoms with Crippen LogP contribution < -0.4 is 0 Å². The van der Waals surface area contributed by atoms with Gasteiger partial charge in [-0.3, -0.25) is 14.6 Å². The predicted octanol–water partition coefficient (Wildman–Crippen LogP) is 6.61. The van der Waals surface area contributed by atoms with Crippen molar-refractivity contribution in [2.24, 2.45) is 17.8 Å². The number of carbonyl (C=O) groups excluding carboxylic acids is 2. The number of nitrogens with zero attached hydrogens (tertiary/aromatic N) is 4. The van der Waals surface area contributed by atoms with E-state index in [1.54, 1.807) is 13.1 Å². The lowest BCUT2D eigenvalue weighted by atomic mass is 9.78. The Balaban J connectivity index is 0.970. The highest BCUT2D eigenvalue weighted by molar-refractivity contribution is 6.30. The molecule has 1 aromatic carbocycles. The Morgan fingerprint density at radius 2 is 1.44 bits per heavy atom. The summed E-state index contributed by atoms with van der Waals surface area (Å²) in [7, 11) is 0. The van der Waals surface area contributed by atoms with Gasteiger partial charge >= 0.3 is 0 Å². The zero-order valence-corrected chi connectivity index (χ0v) is 27.1. The lowest BCUT2D eigenvalue weighted by molar-refractivity contribution is -0.134. The monoisotopic (exact) mass is 624 g/mol. The molecule has 0 bridgehead atoms. The van der Waals surface area contributed by atoms with Crippen molar-refractivity contribution < 1.29 is 9.59 Å². The number of fused-ring (bicyclic) bond motifs is 2. The number of pyridine rings is 1. The van der Waals surface area contributed by atoms with E-state index in [1.165, 1.54) is 35.2 Å². The van der Waals surface area contributed by atoms with Gasteiger partial charge in [-0.25, -0.2) is 0 Å². The van der Waals surface area contributed by atoms with Crippen LogP contribution in [0.4, 0.5) is 0 Å². The van der Waals surface area contributed by atoms with Gasteiger partial charge < -0.3 is 14.7 Å². The number of piperidine rings is 3. The number of halogens is 2. The first-order valence-electron chi connectivity index (χ1n) is 16.5. The molecule has 2 amide bonds. The Morgan fingerprint density at radius 3 is 2.14 bits per heavy atom. The summed E-state index contributed by atoms with van der Waals surface area (Å²) in [6, 6.07) is 8.49. The zero-order valence-electron chi connectivity index (χ0n) is 25.6. The fourth-order valence-corrected chi connectivity index (χ4v) is 8.63. The Bertz CT molecular complexity index is 1240. The van der Waals surface area contributed by atoms with Gasteiger partial charge in [0.15, 0.2) is 0 Å². The minimum atomic E-state index is 0.155. The minimum Gasteiger partial charge on any atom is -0.343 e. The number of carbonyl (C=O) groups is 2. The fraction of sp³-hybridized carbons (Fsp3) is 0.629. The van der Waals surface area contributed by atoms with Crippen molar-refractivity contribution in [3.05, 3.63) is 62.9 Å². The van der Waals surface area contributed by atoms with Gasteiger partial charge in [-0.05, 0) is 130 Å². The highest BCUT2D eigenvalue weighted by Crippen LogP contribution is 2.38. The maximum absolute atomic E-state index is 13.0. The summed E-state index contributed by atoms with van der Waals surface area (Å²) in [6.07, 6.45) is 12.1. The molecule has 4 heterocycles. The van der Waals surface area contributed by atoms with Crippen LogP contribution in [-0.4, -0.2) is 77.3 Å². The number of likely N-dealkylation sites (tertiary alicyclic amines) is 3.